The van der Waals surface area contributed by atoms with Crippen LogP contribution in [-0.4, -0.2) is 49.7 Å². The van der Waals surface area contributed by atoms with Crippen LogP contribution in [0.2, 0.25) is 0 Å². The molecule has 2 heterocycles. The lowest BCUT2D eigenvalue weighted by Gasteiger charge is -2.34. The molecule has 1 saturated heterocycles. The maximum atomic E-state index is 11.9. The molecule has 1 aromatic rings. The van der Waals surface area contributed by atoms with Crippen molar-refractivity contribution in [2.45, 2.75) is 31.8 Å². The van der Waals surface area contributed by atoms with E-state index >= 15 is 0 Å². The highest BCUT2D eigenvalue weighted by Crippen LogP contribution is 2.25. The van der Waals surface area contributed by atoms with Crippen LogP contribution in [0, 0.1) is 0 Å². The van der Waals surface area contributed by atoms with E-state index in [1.165, 1.54) is 4.88 Å². The third-order valence-electron chi connectivity index (χ3n) is 3.68. The average Bonchev–Trinajstić information content (AvgIpc) is 3.00. The molecule has 118 valence electrons. The monoisotopic (exact) mass is 311 g/mol. The van der Waals surface area contributed by atoms with E-state index < -0.39 is 0 Å². The first-order valence-electron chi connectivity index (χ1n) is 7.54. The molecule has 0 bridgehead atoms. The molecule has 3 N–H and O–H groups in total. The van der Waals surface area contributed by atoms with Crippen LogP contribution in [0.3, 0.4) is 0 Å². The Balaban J connectivity index is 1.88. The first-order valence-corrected chi connectivity index (χ1v) is 8.42. The van der Waals surface area contributed by atoms with Crippen molar-refractivity contribution in [3.63, 3.8) is 0 Å². The standard InChI is InChI=1S/C15H25N3O2S/c1-12(16)4-5-15(19)17-11-13(14-3-2-10-21-14)18-6-8-20-9-7-18/h2-3,10,12-13H,4-9,11,16H2,1H3,(H,17,19). The van der Waals surface area contributed by atoms with E-state index in [4.69, 9.17) is 10.5 Å². The van der Waals surface area contributed by atoms with Gasteiger partial charge in [0.2, 0.25) is 5.91 Å². The molecule has 1 fully saturated rings. The molecule has 0 aromatic carbocycles. The minimum atomic E-state index is 0.0723. The summed E-state index contributed by atoms with van der Waals surface area (Å²) in [6, 6.07) is 4.51. The Morgan fingerprint density at radius 2 is 2.29 bits per heavy atom. The summed E-state index contributed by atoms with van der Waals surface area (Å²) in [4.78, 5) is 15.6. The number of nitrogens with one attached hydrogen (secondary N) is 1. The highest BCUT2D eigenvalue weighted by atomic mass is 32.1. The van der Waals surface area contributed by atoms with Gasteiger partial charge in [0.1, 0.15) is 0 Å². The summed E-state index contributed by atoms with van der Waals surface area (Å²) in [5.41, 5.74) is 5.69. The van der Waals surface area contributed by atoms with Crippen LogP contribution < -0.4 is 11.1 Å². The number of carbonyl (C=O) groups is 1. The van der Waals surface area contributed by atoms with E-state index in [0.29, 0.717) is 13.0 Å². The zero-order valence-corrected chi connectivity index (χ0v) is 13.4. The summed E-state index contributed by atoms with van der Waals surface area (Å²) in [6.07, 6.45) is 1.23. The molecule has 2 unspecified atom stereocenters. The number of nitrogens with zero attached hydrogens (tertiary/aromatic N) is 1. The summed E-state index contributed by atoms with van der Waals surface area (Å²) >= 11 is 1.74. The molecule has 1 aliphatic rings. The van der Waals surface area contributed by atoms with Gasteiger partial charge in [0.15, 0.2) is 0 Å². The number of hydrogen-bond donors (Lipinski definition) is 2. The SMILES string of the molecule is CC(N)CCC(=O)NCC(c1cccs1)N1CCOCC1. The number of hydrogen-bond acceptors (Lipinski definition) is 5. The van der Waals surface area contributed by atoms with Crippen molar-refractivity contribution in [3.8, 4) is 0 Å². The second-order valence-corrected chi connectivity index (χ2v) is 6.48. The van der Waals surface area contributed by atoms with Gasteiger partial charge in [-0.2, -0.15) is 0 Å². The van der Waals surface area contributed by atoms with Crippen LogP contribution in [0.25, 0.3) is 0 Å². The first kappa shape index (κ1) is 16.4. The van der Waals surface area contributed by atoms with Crippen molar-refractivity contribution in [2.75, 3.05) is 32.8 Å². The molecule has 0 saturated carbocycles. The molecular weight excluding hydrogens is 286 g/mol. The van der Waals surface area contributed by atoms with Crippen molar-refractivity contribution >= 4 is 17.2 Å². The minimum Gasteiger partial charge on any atom is -0.379 e. The van der Waals surface area contributed by atoms with Crippen molar-refractivity contribution < 1.29 is 9.53 Å². The van der Waals surface area contributed by atoms with Gasteiger partial charge in [0, 0.05) is 37.0 Å². The van der Waals surface area contributed by atoms with Gasteiger partial charge < -0.3 is 15.8 Å². The topological polar surface area (TPSA) is 67.6 Å². The molecule has 1 aromatic heterocycles. The van der Waals surface area contributed by atoms with E-state index in [0.717, 1.165) is 32.7 Å². The van der Waals surface area contributed by atoms with E-state index in [2.05, 4.69) is 27.7 Å². The quantitative estimate of drug-likeness (QED) is 0.798. The van der Waals surface area contributed by atoms with Crippen LogP contribution in [0.1, 0.15) is 30.7 Å². The molecule has 2 rings (SSSR count). The summed E-state index contributed by atoms with van der Waals surface area (Å²) in [6.45, 7) is 5.94. The molecule has 21 heavy (non-hydrogen) atoms. The van der Waals surface area contributed by atoms with E-state index in [1.54, 1.807) is 11.3 Å². The van der Waals surface area contributed by atoms with Crippen molar-refractivity contribution in [3.05, 3.63) is 22.4 Å². The Morgan fingerprint density at radius 1 is 1.52 bits per heavy atom. The fourth-order valence-electron chi connectivity index (χ4n) is 2.44. The van der Waals surface area contributed by atoms with Gasteiger partial charge in [-0.15, -0.1) is 11.3 Å². The zero-order valence-electron chi connectivity index (χ0n) is 12.6. The fourth-order valence-corrected chi connectivity index (χ4v) is 3.30. The molecular formula is C15H25N3O2S. The van der Waals surface area contributed by atoms with Crippen molar-refractivity contribution in [2.24, 2.45) is 5.73 Å². The molecule has 1 aliphatic heterocycles. The number of carbonyl (C=O) groups excluding carboxylic acids is 1. The first-order chi connectivity index (χ1) is 10.2. The lowest BCUT2D eigenvalue weighted by atomic mass is 10.1. The predicted octanol–water partition coefficient (Wildman–Crippen LogP) is 1.36. The molecule has 1 amide bonds. The minimum absolute atomic E-state index is 0.0723. The lowest BCUT2D eigenvalue weighted by molar-refractivity contribution is -0.121. The van der Waals surface area contributed by atoms with Gasteiger partial charge in [0.05, 0.1) is 19.3 Å². The number of morpholine rings is 1. The highest BCUT2D eigenvalue weighted by molar-refractivity contribution is 7.10. The molecule has 0 radical (unpaired) electrons. The number of amides is 1. The Bertz CT molecular complexity index is 417. The fraction of sp³-hybridized carbons (Fsp3) is 0.667. The number of rotatable bonds is 7. The summed E-state index contributed by atoms with van der Waals surface area (Å²) < 4.78 is 5.42. The van der Waals surface area contributed by atoms with Crippen molar-refractivity contribution in [1.82, 2.24) is 10.2 Å². The molecule has 0 aliphatic carbocycles. The lowest BCUT2D eigenvalue weighted by Crippen LogP contribution is -2.43. The smallest absolute Gasteiger partial charge is 0.220 e. The predicted molar refractivity (Wildman–Crippen MR) is 85.3 cm³/mol. The third-order valence-corrected chi connectivity index (χ3v) is 4.65. The molecule has 5 nitrogen and oxygen atoms in total. The largest absolute Gasteiger partial charge is 0.379 e. The Hall–Kier alpha value is -0.950. The number of thiophene rings is 1. The Morgan fingerprint density at radius 3 is 2.90 bits per heavy atom. The number of nitrogens with two attached hydrogens (primary N) is 1. The van der Waals surface area contributed by atoms with Gasteiger partial charge in [-0.05, 0) is 24.8 Å². The van der Waals surface area contributed by atoms with Crippen LogP contribution in [0.15, 0.2) is 17.5 Å². The van der Waals surface area contributed by atoms with Crippen LogP contribution in [-0.2, 0) is 9.53 Å². The molecule has 0 spiro atoms. The second-order valence-electron chi connectivity index (χ2n) is 5.50. The third kappa shape index (κ3) is 5.39. The Labute approximate surface area is 130 Å². The zero-order chi connectivity index (χ0) is 15.1. The highest BCUT2D eigenvalue weighted by Gasteiger charge is 2.23. The van der Waals surface area contributed by atoms with Gasteiger partial charge in [-0.3, -0.25) is 9.69 Å². The number of ether oxygens (including phenoxy) is 1. The van der Waals surface area contributed by atoms with Crippen LogP contribution >= 0.6 is 11.3 Å². The molecule has 6 heteroatoms. The summed E-state index contributed by atoms with van der Waals surface area (Å²) in [5, 5.41) is 5.14. The van der Waals surface area contributed by atoms with E-state index in [-0.39, 0.29) is 18.0 Å². The summed E-state index contributed by atoms with van der Waals surface area (Å²) in [5.74, 6) is 0.0853. The van der Waals surface area contributed by atoms with Crippen molar-refractivity contribution in [1.29, 1.82) is 0 Å². The van der Waals surface area contributed by atoms with Crippen LogP contribution in [0.5, 0.6) is 0 Å². The van der Waals surface area contributed by atoms with E-state index in [1.807, 2.05) is 6.92 Å². The maximum Gasteiger partial charge on any atom is 0.220 e. The second kappa shape index (κ2) is 8.48. The van der Waals surface area contributed by atoms with Gasteiger partial charge in [-0.1, -0.05) is 6.07 Å². The normalized spacial score (nSPS) is 19.1. The van der Waals surface area contributed by atoms with Gasteiger partial charge in [-0.25, -0.2) is 0 Å². The maximum absolute atomic E-state index is 11.9. The average molecular weight is 311 g/mol. The van der Waals surface area contributed by atoms with Gasteiger partial charge >= 0.3 is 0 Å². The van der Waals surface area contributed by atoms with E-state index in [9.17, 15) is 4.79 Å². The van der Waals surface area contributed by atoms with Crippen LogP contribution in [0.4, 0.5) is 0 Å². The Kier molecular flexibility index (Phi) is 6.63. The van der Waals surface area contributed by atoms with Gasteiger partial charge in [0.25, 0.3) is 0 Å². The molecule has 2 atom stereocenters. The summed E-state index contributed by atoms with van der Waals surface area (Å²) in [7, 11) is 0.